The van der Waals surface area contributed by atoms with Crippen molar-refractivity contribution in [3.8, 4) is 5.75 Å². The molecule has 2 aromatic heterocycles. The largest absolute Gasteiger partial charge is 0.486 e. The molecule has 0 bridgehead atoms. The summed E-state index contributed by atoms with van der Waals surface area (Å²) in [6.07, 6.45) is 5.80. The van der Waals surface area contributed by atoms with E-state index in [2.05, 4.69) is 61.9 Å². The number of hydrogen-bond donors (Lipinski definition) is 1. The minimum atomic E-state index is -0.228. The molecule has 0 radical (unpaired) electrons. The van der Waals surface area contributed by atoms with E-state index >= 15 is 0 Å². The molecule has 0 spiro atoms. The van der Waals surface area contributed by atoms with Crippen molar-refractivity contribution in [2.24, 2.45) is 0 Å². The Morgan fingerprint density at radius 1 is 1.33 bits per heavy atom. The molecule has 1 fully saturated rings. The van der Waals surface area contributed by atoms with E-state index in [4.69, 9.17) is 9.47 Å². The third kappa shape index (κ3) is 3.49. The van der Waals surface area contributed by atoms with Crippen LogP contribution in [-0.2, 0) is 11.2 Å². The van der Waals surface area contributed by atoms with Crippen molar-refractivity contribution in [3.05, 3.63) is 47.9 Å². The van der Waals surface area contributed by atoms with Crippen LogP contribution in [0.4, 0.5) is 11.4 Å². The molecule has 1 unspecified atom stereocenters. The maximum Gasteiger partial charge on any atom is 0.261 e. The molecule has 1 aromatic carbocycles. The lowest BCUT2D eigenvalue weighted by Crippen LogP contribution is -2.36. The van der Waals surface area contributed by atoms with Crippen LogP contribution < -0.4 is 15.0 Å². The normalized spacial score (nSPS) is 20.8. The number of ether oxygens (including phenoxy) is 2. The molecular weight excluding hydrogens is 497 g/mol. The van der Waals surface area contributed by atoms with Gasteiger partial charge in [0.25, 0.3) is 5.91 Å². The number of carbonyl (C=O) groups excluding carboxylic acids is 1. The Kier molecular flexibility index (Phi) is 5.02. The van der Waals surface area contributed by atoms with Crippen LogP contribution >= 0.6 is 22.6 Å². The van der Waals surface area contributed by atoms with Crippen molar-refractivity contribution in [1.82, 2.24) is 14.6 Å². The van der Waals surface area contributed by atoms with E-state index in [1.54, 1.807) is 29.2 Å². The second-order valence-corrected chi connectivity index (χ2v) is 8.60. The van der Waals surface area contributed by atoms with Crippen molar-refractivity contribution in [3.63, 3.8) is 0 Å². The number of nitrogens with zero attached hydrogens (tertiary/aromatic N) is 4. The zero-order valence-electron chi connectivity index (χ0n) is 16.6. The molecule has 8 nitrogen and oxygen atoms in total. The number of anilines is 2. The summed E-state index contributed by atoms with van der Waals surface area (Å²) < 4.78 is 14.3. The monoisotopic (exact) mass is 519 g/mol. The van der Waals surface area contributed by atoms with Crippen LogP contribution in [0.3, 0.4) is 0 Å². The van der Waals surface area contributed by atoms with E-state index < -0.39 is 0 Å². The number of hydrogen-bond acceptors (Lipinski definition) is 6. The van der Waals surface area contributed by atoms with Crippen molar-refractivity contribution >= 4 is 45.5 Å². The standard InChI is InChI=1S/C21H22IN5O3/c1-21(13-22)11-14-9-16(17(10-18(14)30-21)26-5-7-29-8-6-26)25-20(28)15-12-24-27-4-2-3-23-19(15)27/h2-4,9-10,12H,5-8,11,13H2,1H3,(H,25,28). The Balaban J connectivity index is 1.51. The zero-order valence-corrected chi connectivity index (χ0v) is 18.8. The second-order valence-electron chi connectivity index (χ2n) is 7.84. The number of carbonyl (C=O) groups is 1. The first-order valence-corrected chi connectivity index (χ1v) is 11.4. The Hall–Kier alpha value is -2.40. The van der Waals surface area contributed by atoms with Gasteiger partial charge in [0.2, 0.25) is 0 Å². The zero-order chi connectivity index (χ0) is 20.7. The fourth-order valence-electron chi connectivity index (χ4n) is 3.97. The summed E-state index contributed by atoms with van der Waals surface area (Å²) in [5.41, 5.74) is 3.59. The Labute approximate surface area is 187 Å². The SMILES string of the molecule is CC1(CI)Cc2cc(NC(=O)c3cnn4cccnc34)c(N3CCOCC3)cc2O1. The van der Waals surface area contributed by atoms with Gasteiger partial charge < -0.3 is 19.7 Å². The highest BCUT2D eigenvalue weighted by molar-refractivity contribution is 14.1. The molecule has 2 aliphatic rings. The van der Waals surface area contributed by atoms with Crippen LogP contribution in [0, 0.1) is 0 Å². The van der Waals surface area contributed by atoms with Crippen molar-refractivity contribution < 1.29 is 14.3 Å². The van der Waals surface area contributed by atoms with Crippen molar-refractivity contribution in [1.29, 1.82) is 0 Å². The van der Waals surface area contributed by atoms with Gasteiger partial charge in [-0.2, -0.15) is 5.10 Å². The minimum Gasteiger partial charge on any atom is -0.486 e. The van der Waals surface area contributed by atoms with Gasteiger partial charge in [0.15, 0.2) is 5.65 Å². The molecule has 1 amide bonds. The van der Waals surface area contributed by atoms with Crippen LogP contribution in [0.5, 0.6) is 5.75 Å². The molecule has 156 valence electrons. The molecule has 1 N–H and O–H groups in total. The van der Waals surface area contributed by atoms with E-state index in [1.807, 2.05) is 0 Å². The first-order valence-electron chi connectivity index (χ1n) is 9.91. The quantitative estimate of drug-likeness (QED) is 0.422. The van der Waals surface area contributed by atoms with Crippen LogP contribution in [-0.4, -0.2) is 56.8 Å². The van der Waals surface area contributed by atoms with Gasteiger partial charge in [-0.25, -0.2) is 9.50 Å². The van der Waals surface area contributed by atoms with E-state index in [9.17, 15) is 4.79 Å². The third-order valence-electron chi connectivity index (χ3n) is 5.51. The van der Waals surface area contributed by atoms with E-state index in [0.29, 0.717) is 24.4 Å². The minimum absolute atomic E-state index is 0.222. The first kappa shape index (κ1) is 19.6. The lowest BCUT2D eigenvalue weighted by atomic mass is 10.0. The van der Waals surface area contributed by atoms with E-state index in [-0.39, 0.29) is 11.5 Å². The van der Waals surface area contributed by atoms with Gasteiger partial charge in [-0.05, 0) is 19.1 Å². The predicted octanol–water partition coefficient (Wildman–Crippen LogP) is 2.95. The molecule has 2 aliphatic heterocycles. The summed E-state index contributed by atoms with van der Waals surface area (Å²) in [6, 6.07) is 5.89. The number of benzene rings is 1. The van der Waals surface area contributed by atoms with Crippen molar-refractivity contribution in [2.75, 3.05) is 40.9 Å². The van der Waals surface area contributed by atoms with Gasteiger partial charge in [-0.3, -0.25) is 4.79 Å². The topological polar surface area (TPSA) is 81.0 Å². The predicted molar refractivity (Wildman–Crippen MR) is 122 cm³/mol. The fourth-order valence-corrected chi connectivity index (χ4v) is 4.39. The number of halogens is 1. The number of amides is 1. The van der Waals surface area contributed by atoms with Gasteiger partial charge in [-0.1, -0.05) is 22.6 Å². The van der Waals surface area contributed by atoms with E-state index in [1.165, 1.54) is 0 Å². The van der Waals surface area contributed by atoms with Crippen LogP contribution in [0.25, 0.3) is 5.65 Å². The average Bonchev–Trinajstić information content (AvgIpc) is 3.34. The summed E-state index contributed by atoms with van der Waals surface area (Å²) in [5, 5.41) is 7.33. The van der Waals surface area contributed by atoms with Gasteiger partial charge in [0.05, 0.1) is 30.8 Å². The third-order valence-corrected chi connectivity index (χ3v) is 7.12. The van der Waals surface area contributed by atoms with Gasteiger partial charge in [0.1, 0.15) is 16.9 Å². The highest BCUT2D eigenvalue weighted by atomic mass is 127. The number of fused-ring (bicyclic) bond motifs is 2. The highest BCUT2D eigenvalue weighted by Gasteiger charge is 2.35. The smallest absolute Gasteiger partial charge is 0.261 e. The molecule has 9 heteroatoms. The Morgan fingerprint density at radius 2 is 2.17 bits per heavy atom. The number of aromatic nitrogens is 3. The molecule has 3 aromatic rings. The molecule has 30 heavy (non-hydrogen) atoms. The first-order chi connectivity index (χ1) is 14.6. The molecule has 0 aliphatic carbocycles. The fraction of sp³-hybridized carbons (Fsp3) is 0.381. The summed E-state index contributed by atoms with van der Waals surface area (Å²) in [4.78, 5) is 19.7. The molecular formula is C21H22IN5O3. The summed E-state index contributed by atoms with van der Waals surface area (Å²) >= 11 is 2.36. The highest BCUT2D eigenvalue weighted by Crippen LogP contribution is 2.42. The molecule has 0 saturated carbocycles. The van der Waals surface area contributed by atoms with E-state index in [0.717, 1.165) is 46.6 Å². The maximum absolute atomic E-state index is 13.1. The van der Waals surface area contributed by atoms with Crippen LogP contribution in [0.2, 0.25) is 0 Å². The lowest BCUT2D eigenvalue weighted by molar-refractivity contribution is 0.102. The Morgan fingerprint density at radius 3 is 2.97 bits per heavy atom. The van der Waals surface area contributed by atoms with Crippen LogP contribution in [0.15, 0.2) is 36.8 Å². The maximum atomic E-state index is 13.1. The number of rotatable bonds is 4. The Bertz CT molecular complexity index is 1110. The average molecular weight is 519 g/mol. The lowest BCUT2D eigenvalue weighted by Gasteiger charge is -2.31. The second kappa shape index (κ2) is 7.69. The number of morpholine rings is 1. The number of alkyl halides is 1. The summed E-state index contributed by atoms with van der Waals surface area (Å²) in [5.74, 6) is 0.667. The summed E-state index contributed by atoms with van der Waals surface area (Å²) in [7, 11) is 0. The molecule has 1 saturated heterocycles. The molecule has 4 heterocycles. The molecule has 5 rings (SSSR count). The van der Waals surface area contributed by atoms with Crippen molar-refractivity contribution in [2.45, 2.75) is 18.9 Å². The molecule has 1 atom stereocenters. The summed E-state index contributed by atoms with van der Waals surface area (Å²) in [6.45, 7) is 4.98. The van der Waals surface area contributed by atoms with Crippen LogP contribution in [0.1, 0.15) is 22.8 Å². The van der Waals surface area contributed by atoms with Gasteiger partial charge >= 0.3 is 0 Å². The van der Waals surface area contributed by atoms with Gasteiger partial charge in [0, 0.05) is 48.0 Å². The van der Waals surface area contributed by atoms with Gasteiger partial charge in [-0.15, -0.1) is 0 Å². The number of nitrogens with one attached hydrogen (secondary N) is 1.